The van der Waals surface area contributed by atoms with Crippen molar-refractivity contribution >= 4 is 16.2 Å². The molecule has 1 unspecified atom stereocenters. The van der Waals surface area contributed by atoms with Crippen LogP contribution in [-0.4, -0.2) is 40.1 Å². The molecule has 9 nitrogen and oxygen atoms in total. The smallest absolute Gasteiger partial charge is 0.446 e. The average Bonchev–Trinajstić information content (AvgIpc) is 2.66. The van der Waals surface area contributed by atoms with E-state index in [4.69, 9.17) is 23.5 Å². The number of carbonyl (C=O) groups excluding carboxylic acids is 1. The molecule has 3 rings (SSSR count). The molecular formula is C18H18O9S. The van der Waals surface area contributed by atoms with Crippen molar-refractivity contribution in [3.63, 3.8) is 0 Å². The summed E-state index contributed by atoms with van der Waals surface area (Å²) in [5.74, 6) is -0.309. The second kappa shape index (κ2) is 7.56. The van der Waals surface area contributed by atoms with Crippen molar-refractivity contribution in [1.82, 2.24) is 0 Å². The lowest BCUT2D eigenvalue weighted by molar-refractivity contribution is 0.0845. The molecule has 1 aliphatic heterocycles. The van der Waals surface area contributed by atoms with E-state index in [1.807, 2.05) is 0 Å². The summed E-state index contributed by atoms with van der Waals surface area (Å²) < 4.78 is 57.6. The molecule has 1 heterocycles. The fourth-order valence-electron chi connectivity index (χ4n) is 2.95. The van der Waals surface area contributed by atoms with Gasteiger partial charge < -0.3 is 23.1 Å². The van der Waals surface area contributed by atoms with Crippen LogP contribution in [0.1, 0.15) is 28.4 Å². The van der Waals surface area contributed by atoms with E-state index >= 15 is 0 Å². The Hall–Kier alpha value is -2.98. The van der Waals surface area contributed by atoms with E-state index in [1.54, 1.807) is 31.4 Å². The Labute approximate surface area is 161 Å². The van der Waals surface area contributed by atoms with Gasteiger partial charge in [-0.15, -0.1) is 0 Å². The fraction of sp³-hybridized carbons (Fsp3) is 0.278. The predicted octanol–water partition coefficient (Wildman–Crippen LogP) is 2.60. The molecule has 10 heteroatoms. The molecular weight excluding hydrogens is 392 g/mol. The minimum absolute atomic E-state index is 0.0494. The summed E-state index contributed by atoms with van der Waals surface area (Å²) in [4.78, 5) is 12.8. The lowest BCUT2D eigenvalue weighted by Crippen LogP contribution is -2.22. The maximum Gasteiger partial charge on any atom is 0.446 e. The van der Waals surface area contributed by atoms with Gasteiger partial charge in [-0.05, 0) is 17.7 Å². The van der Waals surface area contributed by atoms with Gasteiger partial charge in [0.1, 0.15) is 23.2 Å². The van der Waals surface area contributed by atoms with Crippen molar-refractivity contribution in [2.45, 2.75) is 12.5 Å². The topological polar surface area (TPSA) is 118 Å². The lowest BCUT2D eigenvalue weighted by Gasteiger charge is -2.28. The Morgan fingerprint density at radius 2 is 1.71 bits per heavy atom. The van der Waals surface area contributed by atoms with Crippen LogP contribution < -0.4 is 23.1 Å². The van der Waals surface area contributed by atoms with E-state index in [2.05, 4.69) is 4.18 Å². The van der Waals surface area contributed by atoms with Gasteiger partial charge in [0.15, 0.2) is 11.5 Å². The Kier molecular flexibility index (Phi) is 5.34. The Morgan fingerprint density at radius 1 is 1.04 bits per heavy atom. The number of hydrogen-bond acceptors (Lipinski definition) is 8. The molecule has 0 saturated carbocycles. The molecule has 0 radical (unpaired) electrons. The Bertz CT molecular complexity index is 997. The monoisotopic (exact) mass is 410 g/mol. The van der Waals surface area contributed by atoms with Crippen LogP contribution in [0.5, 0.6) is 28.7 Å². The largest absolute Gasteiger partial charge is 0.497 e. The van der Waals surface area contributed by atoms with Crippen LogP contribution in [0.3, 0.4) is 0 Å². The first kappa shape index (κ1) is 19.8. The van der Waals surface area contributed by atoms with Crippen molar-refractivity contribution in [1.29, 1.82) is 0 Å². The quantitative estimate of drug-likeness (QED) is 0.717. The fourth-order valence-corrected chi connectivity index (χ4v) is 3.32. The van der Waals surface area contributed by atoms with E-state index in [9.17, 15) is 13.2 Å². The summed E-state index contributed by atoms with van der Waals surface area (Å²) in [5.41, 5.74) is 0.576. The summed E-state index contributed by atoms with van der Waals surface area (Å²) in [6.07, 6.45) is -0.681. The molecule has 0 aromatic heterocycles. The second-order valence-corrected chi connectivity index (χ2v) is 6.85. The van der Waals surface area contributed by atoms with Crippen molar-refractivity contribution in [3.05, 3.63) is 41.5 Å². The third-order valence-electron chi connectivity index (χ3n) is 4.18. The zero-order valence-electron chi connectivity index (χ0n) is 15.3. The standard InChI is InChI=1S/C18H18O9S/c1-23-11-6-4-10(5-7-11)13-8-12(19)16-14(26-13)9-15(24-2)17(25-3)18(16)27-28(20,21)22/h4-7,9,13H,8H2,1-3H3,(H,20,21,22). The van der Waals surface area contributed by atoms with Gasteiger partial charge in [0.25, 0.3) is 0 Å². The summed E-state index contributed by atoms with van der Waals surface area (Å²) >= 11 is 0. The van der Waals surface area contributed by atoms with Gasteiger partial charge in [0.05, 0.1) is 27.8 Å². The number of fused-ring (bicyclic) bond motifs is 1. The van der Waals surface area contributed by atoms with Gasteiger partial charge in [0.2, 0.25) is 11.5 Å². The number of carbonyl (C=O) groups is 1. The van der Waals surface area contributed by atoms with Gasteiger partial charge in [-0.1, -0.05) is 12.1 Å². The van der Waals surface area contributed by atoms with Crippen LogP contribution in [0.2, 0.25) is 0 Å². The first-order valence-electron chi connectivity index (χ1n) is 8.07. The molecule has 0 saturated heterocycles. The normalized spacial score (nSPS) is 16.0. The number of hydrogen-bond donors (Lipinski definition) is 1. The molecule has 0 fully saturated rings. The summed E-state index contributed by atoms with van der Waals surface area (Å²) in [6, 6.07) is 8.40. The molecule has 0 aliphatic carbocycles. The van der Waals surface area contributed by atoms with Crippen LogP contribution >= 0.6 is 0 Å². The number of methoxy groups -OCH3 is 3. The van der Waals surface area contributed by atoms with Crippen LogP contribution in [0, 0.1) is 0 Å². The molecule has 2 aromatic carbocycles. The van der Waals surface area contributed by atoms with Crippen molar-refractivity contribution < 1.29 is 40.9 Å². The third-order valence-corrected chi connectivity index (χ3v) is 4.56. The van der Waals surface area contributed by atoms with Gasteiger partial charge >= 0.3 is 10.4 Å². The average molecular weight is 410 g/mol. The number of benzene rings is 2. The first-order valence-corrected chi connectivity index (χ1v) is 9.43. The summed E-state index contributed by atoms with van der Waals surface area (Å²) in [5, 5.41) is 0. The molecule has 2 aromatic rings. The molecule has 1 atom stereocenters. The molecule has 1 N–H and O–H groups in total. The van der Waals surface area contributed by atoms with Gasteiger partial charge in [-0.25, -0.2) is 0 Å². The third kappa shape index (κ3) is 3.82. The Balaban J connectivity index is 2.09. The molecule has 150 valence electrons. The highest BCUT2D eigenvalue weighted by Gasteiger charge is 2.36. The van der Waals surface area contributed by atoms with E-state index in [0.29, 0.717) is 5.75 Å². The van der Waals surface area contributed by atoms with Crippen molar-refractivity contribution in [3.8, 4) is 28.7 Å². The highest BCUT2D eigenvalue weighted by molar-refractivity contribution is 7.81. The SMILES string of the molecule is COc1ccc(C2CC(=O)c3c(cc(OC)c(OC)c3OS(=O)(=O)O)O2)cc1. The van der Waals surface area contributed by atoms with Crippen LogP contribution in [0.4, 0.5) is 0 Å². The van der Waals surface area contributed by atoms with E-state index in [0.717, 1.165) is 5.56 Å². The van der Waals surface area contributed by atoms with Crippen molar-refractivity contribution in [2.75, 3.05) is 21.3 Å². The highest BCUT2D eigenvalue weighted by atomic mass is 32.3. The van der Waals surface area contributed by atoms with Crippen LogP contribution in [0.15, 0.2) is 30.3 Å². The number of rotatable bonds is 6. The zero-order chi connectivity index (χ0) is 20.5. The summed E-state index contributed by atoms with van der Waals surface area (Å²) in [7, 11) is -0.806. The number of Topliss-reactive ketones (excluding diaryl/α,β-unsaturated/α-hetero) is 1. The summed E-state index contributed by atoms with van der Waals surface area (Å²) in [6.45, 7) is 0. The zero-order valence-corrected chi connectivity index (χ0v) is 16.1. The van der Waals surface area contributed by atoms with E-state index in [-0.39, 0.29) is 29.2 Å². The predicted molar refractivity (Wildman–Crippen MR) is 97.0 cm³/mol. The maximum atomic E-state index is 12.8. The Morgan fingerprint density at radius 3 is 2.25 bits per heavy atom. The maximum absolute atomic E-state index is 12.8. The van der Waals surface area contributed by atoms with Crippen LogP contribution in [0.25, 0.3) is 0 Å². The molecule has 0 bridgehead atoms. The van der Waals surface area contributed by atoms with Gasteiger partial charge in [0, 0.05) is 6.07 Å². The lowest BCUT2D eigenvalue weighted by atomic mass is 9.95. The molecule has 1 aliphatic rings. The molecule has 28 heavy (non-hydrogen) atoms. The molecule has 0 spiro atoms. The minimum Gasteiger partial charge on any atom is -0.497 e. The van der Waals surface area contributed by atoms with E-state index < -0.39 is 28.0 Å². The second-order valence-electron chi connectivity index (χ2n) is 5.83. The van der Waals surface area contributed by atoms with E-state index in [1.165, 1.54) is 20.3 Å². The first-order chi connectivity index (χ1) is 13.3. The number of ketones is 1. The van der Waals surface area contributed by atoms with Crippen LogP contribution in [-0.2, 0) is 10.4 Å². The van der Waals surface area contributed by atoms with Gasteiger partial charge in [-0.3, -0.25) is 9.35 Å². The number of ether oxygens (including phenoxy) is 4. The molecule has 0 amide bonds. The van der Waals surface area contributed by atoms with Crippen molar-refractivity contribution in [2.24, 2.45) is 0 Å². The highest BCUT2D eigenvalue weighted by Crippen LogP contribution is 2.49. The van der Waals surface area contributed by atoms with Gasteiger partial charge in [-0.2, -0.15) is 8.42 Å². The minimum atomic E-state index is -4.92.